The van der Waals surface area contributed by atoms with E-state index >= 15 is 0 Å². The van der Waals surface area contributed by atoms with Crippen LogP contribution in [0.3, 0.4) is 0 Å². The van der Waals surface area contributed by atoms with Crippen LogP contribution in [-0.2, 0) is 4.79 Å². The van der Waals surface area contributed by atoms with Gasteiger partial charge in [0.2, 0.25) is 0 Å². The Hall–Kier alpha value is -0.570. The summed E-state index contributed by atoms with van der Waals surface area (Å²) in [5, 5.41) is 8.72. The van der Waals surface area contributed by atoms with Crippen LogP contribution in [0.2, 0.25) is 0 Å². The second-order valence-electron chi connectivity index (χ2n) is 4.72. The van der Waals surface area contributed by atoms with Crippen molar-refractivity contribution in [2.75, 3.05) is 19.6 Å². The highest BCUT2D eigenvalue weighted by atomic mass is 16.4. The Morgan fingerprint density at radius 2 is 1.93 bits per heavy atom. The summed E-state index contributed by atoms with van der Waals surface area (Å²) < 4.78 is 0. The normalized spacial score (nSPS) is 33.7. The molecule has 0 amide bonds. The molecule has 0 spiro atoms. The quantitative estimate of drug-likeness (QED) is 0.730. The minimum Gasteiger partial charge on any atom is -0.480 e. The van der Waals surface area contributed by atoms with Gasteiger partial charge in [-0.05, 0) is 31.2 Å². The van der Waals surface area contributed by atoms with E-state index in [4.69, 9.17) is 5.11 Å². The fourth-order valence-corrected chi connectivity index (χ4v) is 3.01. The van der Waals surface area contributed by atoms with Crippen molar-refractivity contribution in [1.29, 1.82) is 0 Å². The third-order valence-electron chi connectivity index (χ3n) is 3.73. The van der Waals surface area contributed by atoms with E-state index in [0.717, 1.165) is 24.9 Å². The first kappa shape index (κ1) is 9.97. The summed E-state index contributed by atoms with van der Waals surface area (Å²) in [6, 6.07) is 0. The SMILES string of the molecule is O=C(O)CN1CCC2CCCCC2C1. The van der Waals surface area contributed by atoms with Crippen molar-refractivity contribution < 1.29 is 9.90 Å². The van der Waals surface area contributed by atoms with E-state index in [1.165, 1.54) is 32.1 Å². The predicted molar refractivity (Wildman–Crippen MR) is 54.1 cm³/mol. The highest BCUT2D eigenvalue weighted by Gasteiger charge is 2.31. The first-order valence-corrected chi connectivity index (χ1v) is 5.70. The molecule has 1 saturated carbocycles. The van der Waals surface area contributed by atoms with Gasteiger partial charge in [0.1, 0.15) is 0 Å². The molecule has 2 fully saturated rings. The van der Waals surface area contributed by atoms with Gasteiger partial charge in [0.25, 0.3) is 0 Å². The van der Waals surface area contributed by atoms with Crippen LogP contribution in [-0.4, -0.2) is 35.6 Å². The molecule has 3 nitrogen and oxygen atoms in total. The topological polar surface area (TPSA) is 40.5 Å². The molecule has 1 heterocycles. The van der Waals surface area contributed by atoms with Crippen LogP contribution in [0, 0.1) is 11.8 Å². The van der Waals surface area contributed by atoms with E-state index in [1.807, 2.05) is 0 Å². The summed E-state index contributed by atoms with van der Waals surface area (Å²) in [5.41, 5.74) is 0. The molecule has 1 aliphatic heterocycles. The largest absolute Gasteiger partial charge is 0.480 e. The summed E-state index contributed by atoms with van der Waals surface area (Å²) >= 11 is 0. The summed E-state index contributed by atoms with van der Waals surface area (Å²) in [6.07, 6.45) is 6.66. The van der Waals surface area contributed by atoms with E-state index in [-0.39, 0.29) is 6.54 Å². The number of fused-ring (bicyclic) bond motifs is 1. The minimum atomic E-state index is -0.681. The van der Waals surface area contributed by atoms with Crippen molar-refractivity contribution in [3.8, 4) is 0 Å². The lowest BCUT2D eigenvalue weighted by atomic mass is 9.75. The van der Waals surface area contributed by atoms with E-state index in [0.29, 0.717) is 0 Å². The van der Waals surface area contributed by atoms with Crippen LogP contribution in [0.1, 0.15) is 32.1 Å². The molecule has 2 aliphatic rings. The highest BCUT2D eigenvalue weighted by Crippen LogP contribution is 2.35. The van der Waals surface area contributed by atoms with Crippen LogP contribution >= 0.6 is 0 Å². The number of carbonyl (C=O) groups is 1. The third kappa shape index (κ3) is 2.27. The maximum absolute atomic E-state index is 10.6. The molecule has 2 atom stereocenters. The molecular formula is C11H19NO2. The Labute approximate surface area is 85.1 Å². The van der Waals surface area contributed by atoms with Crippen molar-refractivity contribution >= 4 is 5.97 Å². The lowest BCUT2D eigenvalue weighted by Crippen LogP contribution is -2.43. The second kappa shape index (κ2) is 4.30. The summed E-state index contributed by atoms with van der Waals surface area (Å²) in [4.78, 5) is 12.7. The number of aliphatic carboxylic acids is 1. The summed E-state index contributed by atoms with van der Waals surface area (Å²) in [7, 11) is 0. The fourth-order valence-electron chi connectivity index (χ4n) is 3.01. The maximum atomic E-state index is 10.6. The van der Waals surface area contributed by atoms with Crippen molar-refractivity contribution in [2.45, 2.75) is 32.1 Å². The molecule has 0 aromatic rings. The van der Waals surface area contributed by atoms with E-state index in [1.54, 1.807) is 0 Å². The Balaban J connectivity index is 1.86. The van der Waals surface area contributed by atoms with Gasteiger partial charge in [-0.3, -0.25) is 9.69 Å². The molecule has 80 valence electrons. The predicted octanol–water partition coefficient (Wildman–Crippen LogP) is 1.58. The van der Waals surface area contributed by atoms with Crippen LogP contribution < -0.4 is 0 Å². The molecule has 14 heavy (non-hydrogen) atoms. The Bertz CT molecular complexity index is 217. The van der Waals surface area contributed by atoms with E-state index < -0.39 is 5.97 Å². The standard InChI is InChI=1S/C11H19NO2/c13-11(14)8-12-6-5-9-3-1-2-4-10(9)7-12/h9-10H,1-8H2,(H,13,14). The molecule has 0 aromatic carbocycles. The number of hydrogen-bond donors (Lipinski definition) is 1. The van der Waals surface area contributed by atoms with Gasteiger partial charge in [0.05, 0.1) is 6.54 Å². The fraction of sp³-hybridized carbons (Fsp3) is 0.909. The molecule has 0 bridgehead atoms. The van der Waals surface area contributed by atoms with Gasteiger partial charge >= 0.3 is 5.97 Å². The molecule has 1 aliphatic carbocycles. The average molecular weight is 197 g/mol. The van der Waals surface area contributed by atoms with Crippen LogP contribution in [0.5, 0.6) is 0 Å². The first-order valence-electron chi connectivity index (χ1n) is 5.70. The smallest absolute Gasteiger partial charge is 0.317 e. The lowest BCUT2D eigenvalue weighted by molar-refractivity contribution is -0.139. The number of likely N-dealkylation sites (tertiary alicyclic amines) is 1. The Kier molecular flexibility index (Phi) is 3.06. The van der Waals surface area contributed by atoms with E-state index in [9.17, 15) is 4.79 Å². The van der Waals surface area contributed by atoms with Crippen LogP contribution in [0.15, 0.2) is 0 Å². The van der Waals surface area contributed by atoms with Crippen LogP contribution in [0.25, 0.3) is 0 Å². The average Bonchev–Trinajstić information content (AvgIpc) is 2.17. The minimum absolute atomic E-state index is 0.239. The number of carboxylic acid groups (broad SMARTS) is 1. The highest BCUT2D eigenvalue weighted by molar-refractivity contribution is 5.69. The third-order valence-corrected chi connectivity index (χ3v) is 3.73. The van der Waals surface area contributed by atoms with Gasteiger partial charge in [-0.25, -0.2) is 0 Å². The van der Waals surface area contributed by atoms with Gasteiger partial charge in [-0.1, -0.05) is 19.3 Å². The van der Waals surface area contributed by atoms with Crippen molar-refractivity contribution in [1.82, 2.24) is 4.90 Å². The van der Waals surface area contributed by atoms with Gasteiger partial charge in [-0.2, -0.15) is 0 Å². The number of hydrogen-bond acceptors (Lipinski definition) is 2. The van der Waals surface area contributed by atoms with Crippen LogP contribution in [0.4, 0.5) is 0 Å². The molecule has 1 N–H and O–H groups in total. The molecule has 2 rings (SSSR count). The molecule has 1 saturated heterocycles. The van der Waals surface area contributed by atoms with Crippen molar-refractivity contribution in [3.05, 3.63) is 0 Å². The number of rotatable bonds is 2. The van der Waals surface area contributed by atoms with Crippen molar-refractivity contribution in [2.24, 2.45) is 11.8 Å². The van der Waals surface area contributed by atoms with Gasteiger partial charge in [0.15, 0.2) is 0 Å². The maximum Gasteiger partial charge on any atom is 0.317 e. The molecule has 0 aromatic heterocycles. The van der Waals surface area contributed by atoms with E-state index in [2.05, 4.69) is 4.90 Å². The first-order chi connectivity index (χ1) is 6.75. The van der Waals surface area contributed by atoms with Gasteiger partial charge < -0.3 is 5.11 Å². The number of nitrogens with zero attached hydrogens (tertiary/aromatic N) is 1. The Morgan fingerprint density at radius 3 is 2.64 bits per heavy atom. The Morgan fingerprint density at radius 1 is 1.21 bits per heavy atom. The van der Waals surface area contributed by atoms with Crippen molar-refractivity contribution in [3.63, 3.8) is 0 Å². The zero-order chi connectivity index (χ0) is 9.97. The summed E-state index contributed by atoms with van der Waals surface area (Å²) in [5.74, 6) is 1.00. The molecule has 3 heteroatoms. The molecular weight excluding hydrogens is 178 g/mol. The number of carboxylic acids is 1. The number of piperidine rings is 1. The zero-order valence-electron chi connectivity index (χ0n) is 8.61. The lowest BCUT2D eigenvalue weighted by Gasteiger charge is -2.40. The molecule has 0 radical (unpaired) electrons. The molecule has 2 unspecified atom stereocenters. The zero-order valence-corrected chi connectivity index (χ0v) is 8.61. The monoisotopic (exact) mass is 197 g/mol. The van der Waals surface area contributed by atoms with Gasteiger partial charge in [0, 0.05) is 6.54 Å². The second-order valence-corrected chi connectivity index (χ2v) is 4.72. The summed E-state index contributed by atoms with van der Waals surface area (Å²) in [6.45, 7) is 2.26. The van der Waals surface area contributed by atoms with Gasteiger partial charge in [-0.15, -0.1) is 0 Å².